The van der Waals surface area contributed by atoms with E-state index < -0.39 is 12.0 Å². The topological polar surface area (TPSA) is 57.6 Å². The second kappa shape index (κ2) is 6.10. The average Bonchev–Trinajstić information content (AvgIpc) is 2.81. The molecular formula is C14H17NO3S. The van der Waals surface area contributed by atoms with Gasteiger partial charge < -0.3 is 10.0 Å². The van der Waals surface area contributed by atoms with Crippen LogP contribution in [0.1, 0.15) is 18.9 Å². The normalized spacial score (nSPS) is 22.5. The number of amides is 1. The number of rotatable bonds is 4. The lowest BCUT2D eigenvalue weighted by Crippen LogP contribution is -2.44. The van der Waals surface area contributed by atoms with Crippen LogP contribution >= 0.6 is 11.8 Å². The van der Waals surface area contributed by atoms with Gasteiger partial charge in [-0.2, -0.15) is 0 Å². The molecule has 2 atom stereocenters. The van der Waals surface area contributed by atoms with Crippen molar-refractivity contribution in [2.24, 2.45) is 0 Å². The SMILES string of the molecule is CC(=O)N1C(CCc2ccccc2)SCC1C(=O)O. The van der Waals surface area contributed by atoms with Crippen LogP contribution in [0.25, 0.3) is 0 Å². The van der Waals surface area contributed by atoms with Crippen LogP contribution in [0.4, 0.5) is 0 Å². The van der Waals surface area contributed by atoms with Gasteiger partial charge in [0.2, 0.25) is 5.91 Å². The van der Waals surface area contributed by atoms with E-state index in [1.54, 1.807) is 11.8 Å². The van der Waals surface area contributed by atoms with Crippen molar-refractivity contribution in [3.63, 3.8) is 0 Å². The highest BCUT2D eigenvalue weighted by Gasteiger charge is 2.39. The van der Waals surface area contributed by atoms with Crippen LogP contribution in [0, 0.1) is 0 Å². The lowest BCUT2D eigenvalue weighted by Gasteiger charge is -2.26. The highest BCUT2D eigenvalue weighted by Crippen LogP contribution is 2.32. The first-order chi connectivity index (χ1) is 9.09. The zero-order chi connectivity index (χ0) is 13.8. The zero-order valence-electron chi connectivity index (χ0n) is 10.8. The Morgan fingerprint density at radius 3 is 2.63 bits per heavy atom. The molecule has 102 valence electrons. The molecule has 1 aromatic carbocycles. The molecule has 0 spiro atoms. The monoisotopic (exact) mass is 279 g/mol. The Morgan fingerprint density at radius 1 is 1.37 bits per heavy atom. The van der Waals surface area contributed by atoms with Gasteiger partial charge in [0.1, 0.15) is 6.04 Å². The molecule has 0 saturated carbocycles. The first-order valence-corrected chi connectivity index (χ1v) is 7.31. The minimum atomic E-state index is -0.912. The summed E-state index contributed by atoms with van der Waals surface area (Å²) >= 11 is 1.56. The molecule has 1 saturated heterocycles. The molecule has 1 amide bonds. The summed E-state index contributed by atoms with van der Waals surface area (Å²) in [5.74, 6) is -0.589. The molecular weight excluding hydrogens is 262 g/mol. The van der Waals surface area contributed by atoms with Gasteiger partial charge in [-0.25, -0.2) is 4.79 Å². The van der Waals surface area contributed by atoms with Crippen molar-refractivity contribution in [1.29, 1.82) is 0 Å². The number of hydrogen-bond acceptors (Lipinski definition) is 3. The van der Waals surface area contributed by atoms with Crippen LogP contribution in [0.2, 0.25) is 0 Å². The molecule has 0 aliphatic carbocycles. The lowest BCUT2D eigenvalue weighted by molar-refractivity contribution is -0.148. The maximum atomic E-state index is 11.6. The van der Waals surface area contributed by atoms with Crippen molar-refractivity contribution in [2.75, 3.05) is 5.75 Å². The smallest absolute Gasteiger partial charge is 0.327 e. The molecule has 19 heavy (non-hydrogen) atoms. The van der Waals surface area contributed by atoms with Gasteiger partial charge in [0.05, 0.1) is 5.37 Å². The summed E-state index contributed by atoms with van der Waals surface area (Å²) in [5.41, 5.74) is 1.21. The summed E-state index contributed by atoms with van der Waals surface area (Å²) in [4.78, 5) is 24.3. The number of carbonyl (C=O) groups excluding carboxylic acids is 1. The van der Waals surface area contributed by atoms with Crippen molar-refractivity contribution >= 4 is 23.6 Å². The highest BCUT2D eigenvalue weighted by atomic mass is 32.2. The van der Waals surface area contributed by atoms with E-state index >= 15 is 0 Å². The van der Waals surface area contributed by atoms with Gasteiger partial charge in [0, 0.05) is 12.7 Å². The molecule has 1 N–H and O–H groups in total. The molecule has 2 rings (SSSR count). The average molecular weight is 279 g/mol. The third-order valence-electron chi connectivity index (χ3n) is 3.26. The number of carboxylic acid groups (broad SMARTS) is 1. The molecule has 1 heterocycles. The van der Waals surface area contributed by atoms with Gasteiger partial charge in [-0.1, -0.05) is 30.3 Å². The van der Waals surface area contributed by atoms with Gasteiger partial charge in [-0.3, -0.25) is 4.79 Å². The summed E-state index contributed by atoms with van der Waals surface area (Å²) in [6, 6.07) is 9.36. The molecule has 0 aromatic heterocycles. The maximum Gasteiger partial charge on any atom is 0.327 e. The molecule has 0 bridgehead atoms. The van der Waals surface area contributed by atoms with E-state index in [1.165, 1.54) is 17.4 Å². The molecule has 1 fully saturated rings. The Labute approximate surface area is 116 Å². The Balaban J connectivity index is 2.00. The van der Waals surface area contributed by atoms with Crippen LogP contribution in [0.5, 0.6) is 0 Å². The molecule has 2 unspecified atom stereocenters. The fraction of sp³-hybridized carbons (Fsp3) is 0.429. The Kier molecular flexibility index (Phi) is 4.47. The molecule has 1 aliphatic rings. The largest absolute Gasteiger partial charge is 0.480 e. The van der Waals surface area contributed by atoms with Gasteiger partial charge in [-0.05, 0) is 18.4 Å². The zero-order valence-corrected chi connectivity index (χ0v) is 11.6. The van der Waals surface area contributed by atoms with Crippen LogP contribution in [-0.2, 0) is 16.0 Å². The van der Waals surface area contributed by atoms with Crippen LogP contribution in [0.3, 0.4) is 0 Å². The fourth-order valence-electron chi connectivity index (χ4n) is 2.33. The maximum absolute atomic E-state index is 11.6. The van der Waals surface area contributed by atoms with Crippen LogP contribution < -0.4 is 0 Å². The van der Waals surface area contributed by atoms with E-state index in [1.807, 2.05) is 30.3 Å². The molecule has 4 nitrogen and oxygen atoms in total. The van der Waals surface area contributed by atoms with Gasteiger partial charge in [0.25, 0.3) is 0 Å². The third kappa shape index (κ3) is 3.29. The van der Waals surface area contributed by atoms with E-state index in [2.05, 4.69) is 0 Å². The summed E-state index contributed by atoms with van der Waals surface area (Å²) < 4.78 is 0. The first kappa shape index (κ1) is 13.9. The Hall–Kier alpha value is -1.49. The predicted molar refractivity (Wildman–Crippen MR) is 75.0 cm³/mol. The minimum absolute atomic E-state index is 0.0289. The second-order valence-corrected chi connectivity index (χ2v) is 5.80. The number of nitrogens with zero attached hydrogens (tertiary/aromatic N) is 1. The summed E-state index contributed by atoms with van der Waals surface area (Å²) in [6.45, 7) is 1.44. The predicted octanol–water partition coefficient (Wildman–Crippen LogP) is 1.99. The van der Waals surface area contributed by atoms with E-state index in [0.717, 1.165) is 12.8 Å². The van der Waals surface area contributed by atoms with E-state index in [-0.39, 0.29) is 11.3 Å². The van der Waals surface area contributed by atoms with Gasteiger partial charge in [-0.15, -0.1) is 11.8 Å². The molecule has 1 aromatic rings. The lowest BCUT2D eigenvalue weighted by atomic mass is 10.1. The van der Waals surface area contributed by atoms with E-state index in [4.69, 9.17) is 5.11 Å². The number of aliphatic carboxylic acids is 1. The van der Waals surface area contributed by atoms with Crippen LogP contribution in [-0.4, -0.2) is 39.1 Å². The molecule has 1 aliphatic heterocycles. The van der Waals surface area contributed by atoms with Crippen molar-refractivity contribution < 1.29 is 14.7 Å². The minimum Gasteiger partial charge on any atom is -0.480 e. The van der Waals surface area contributed by atoms with E-state index in [9.17, 15) is 9.59 Å². The second-order valence-electron chi connectivity index (χ2n) is 4.59. The van der Waals surface area contributed by atoms with E-state index in [0.29, 0.717) is 5.75 Å². The molecule has 5 heteroatoms. The standard InChI is InChI=1S/C14H17NO3S/c1-10(16)15-12(14(17)18)9-19-13(15)8-7-11-5-3-2-4-6-11/h2-6,12-13H,7-9H2,1H3,(H,17,18). The van der Waals surface area contributed by atoms with Crippen molar-refractivity contribution in [2.45, 2.75) is 31.2 Å². The first-order valence-electron chi connectivity index (χ1n) is 6.27. The van der Waals surface area contributed by atoms with Crippen molar-refractivity contribution in [3.05, 3.63) is 35.9 Å². The Bertz CT molecular complexity index is 463. The molecule has 0 radical (unpaired) electrons. The number of hydrogen-bond donors (Lipinski definition) is 1. The summed E-state index contributed by atoms with van der Waals surface area (Å²) in [5, 5.41) is 9.10. The summed E-state index contributed by atoms with van der Waals surface area (Å²) in [7, 11) is 0. The third-order valence-corrected chi connectivity index (χ3v) is 4.62. The number of benzene rings is 1. The Morgan fingerprint density at radius 2 is 2.05 bits per heavy atom. The van der Waals surface area contributed by atoms with Crippen molar-refractivity contribution in [1.82, 2.24) is 4.90 Å². The number of thioether (sulfide) groups is 1. The highest BCUT2D eigenvalue weighted by molar-refractivity contribution is 8.00. The van der Waals surface area contributed by atoms with Gasteiger partial charge in [0.15, 0.2) is 0 Å². The number of carbonyl (C=O) groups is 2. The number of aryl methyl sites for hydroxylation is 1. The quantitative estimate of drug-likeness (QED) is 0.915. The summed E-state index contributed by atoms with van der Waals surface area (Å²) in [6.07, 6.45) is 1.65. The van der Waals surface area contributed by atoms with Gasteiger partial charge >= 0.3 is 5.97 Å². The fourth-order valence-corrected chi connectivity index (χ4v) is 3.78. The van der Waals surface area contributed by atoms with Crippen LogP contribution in [0.15, 0.2) is 30.3 Å². The van der Waals surface area contributed by atoms with Crippen molar-refractivity contribution in [3.8, 4) is 0 Å². The number of carboxylic acids is 1.